The molecule has 0 amide bonds. The van der Waals surface area contributed by atoms with Crippen molar-refractivity contribution in [2.75, 3.05) is 13.1 Å². The summed E-state index contributed by atoms with van der Waals surface area (Å²) >= 11 is 0. The number of carboxylic acids is 1. The number of piperidine rings is 1. The van der Waals surface area contributed by atoms with Crippen molar-refractivity contribution in [3.05, 3.63) is 35.4 Å². The van der Waals surface area contributed by atoms with Crippen LogP contribution in [-0.4, -0.2) is 29.1 Å². The van der Waals surface area contributed by atoms with Crippen LogP contribution in [0.2, 0.25) is 0 Å². The first-order valence-corrected chi connectivity index (χ1v) is 7.53. The van der Waals surface area contributed by atoms with E-state index in [1.165, 1.54) is 37.9 Å². The summed E-state index contributed by atoms with van der Waals surface area (Å²) in [6, 6.07) is 7.99. The molecule has 0 aliphatic carbocycles. The molecule has 1 aromatic carbocycles. The number of rotatable bonds is 5. The van der Waals surface area contributed by atoms with Crippen LogP contribution in [0.5, 0.6) is 0 Å². The molecule has 1 heterocycles. The van der Waals surface area contributed by atoms with Gasteiger partial charge in [0.25, 0.3) is 0 Å². The van der Waals surface area contributed by atoms with Crippen molar-refractivity contribution in [1.29, 1.82) is 0 Å². The number of hydrogen-bond acceptors (Lipinski definition) is 2. The average molecular weight is 275 g/mol. The Labute approximate surface area is 121 Å². The van der Waals surface area contributed by atoms with E-state index >= 15 is 0 Å². The molecular weight excluding hydrogens is 250 g/mol. The van der Waals surface area contributed by atoms with Crippen LogP contribution in [0.3, 0.4) is 0 Å². The van der Waals surface area contributed by atoms with Crippen molar-refractivity contribution in [1.82, 2.24) is 4.90 Å². The van der Waals surface area contributed by atoms with Crippen molar-refractivity contribution in [2.45, 2.75) is 46.1 Å². The van der Waals surface area contributed by atoms with Gasteiger partial charge in [0.15, 0.2) is 0 Å². The third-order valence-corrected chi connectivity index (χ3v) is 4.70. The lowest BCUT2D eigenvalue weighted by molar-refractivity contribution is -0.136. The van der Waals surface area contributed by atoms with Gasteiger partial charge in [-0.1, -0.05) is 44.5 Å². The molecule has 0 atom stereocenters. The summed E-state index contributed by atoms with van der Waals surface area (Å²) in [5.74, 6) is -0.771. The molecule has 2 rings (SSSR count). The van der Waals surface area contributed by atoms with Crippen molar-refractivity contribution < 1.29 is 9.90 Å². The number of likely N-dealkylation sites (tertiary alicyclic amines) is 1. The second kappa shape index (κ2) is 6.40. The normalized spacial score (nSPS) is 18.9. The second-order valence-corrected chi connectivity index (χ2v) is 6.33. The quantitative estimate of drug-likeness (QED) is 0.896. The molecule has 1 aliphatic heterocycles. The number of benzene rings is 1. The Morgan fingerprint density at radius 3 is 2.25 bits per heavy atom. The van der Waals surface area contributed by atoms with E-state index in [1.54, 1.807) is 0 Å². The summed E-state index contributed by atoms with van der Waals surface area (Å²) in [7, 11) is 0. The van der Waals surface area contributed by atoms with Gasteiger partial charge in [0.1, 0.15) is 0 Å². The van der Waals surface area contributed by atoms with Crippen LogP contribution >= 0.6 is 0 Å². The maximum Gasteiger partial charge on any atom is 0.307 e. The standard InChI is InChI=1S/C17H25NO2/c1-3-17(2)8-10-18(11-9-17)13-15-6-4-14(5-7-15)12-16(19)20/h4-7H,3,8-13H2,1-2H3,(H,19,20). The molecule has 1 saturated heterocycles. The molecule has 1 aliphatic rings. The van der Waals surface area contributed by atoms with Gasteiger partial charge in [-0.05, 0) is 42.5 Å². The molecule has 20 heavy (non-hydrogen) atoms. The van der Waals surface area contributed by atoms with Gasteiger partial charge in [-0.2, -0.15) is 0 Å². The van der Waals surface area contributed by atoms with Crippen LogP contribution in [-0.2, 0) is 17.8 Å². The van der Waals surface area contributed by atoms with Gasteiger partial charge in [0, 0.05) is 6.54 Å². The summed E-state index contributed by atoms with van der Waals surface area (Å²) in [6.07, 6.45) is 3.94. The maximum absolute atomic E-state index is 10.7. The first-order chi connectivity index (χ1) is 9.50. The molecule has 1 fully saturated rings. The van der Waals surface area contributed by atoms with E-state index in [2.05, 4.69) is 30.9 Å². The molecule has 110 valence electrons. The third kappa shape index (κ3) is 4.07. The highest BCUT2D eigenvalue weighted by molar-refractivity contribution is 5.70. The highest BCUT2D eigenvalue weighted by Crippen LogP contribution is 2.34. The molecule has 0 aromatic heterocycles. The number of nitrogens with zero attached hydrogens (tertiary/aromatic N) is 1. The summed E-state index contributed by atoms with van der Waals surface area (Å²) in [5.41, 5.74) is 2.68. The first-order valence-electron chi connectivity index (χ1n) is 7.53. The monoisotopic (exact) mass is 275 g/mol. The predicted octanol–water partition coefficient (Wildman–Crippen LogP) is 3.33. The fourth-order valence-corrected chi connectivity index (χ4v) is 2.80. The predicted molar refractivity (Wildman–Crippen MR) is 80.7 cm³/mol. The zero-order valence-corrected chi connectivity index (χ0v) is 12.6. The van der Waals surface area contributed by atoms with Gasteiger partial charge in [-0.3, -0.25) is 9.69 Å². The van der Waals surface area contributed by atoms with Gasteiger partial charge >= 0.3 is 5.97 Å². The van der Waals surface area contributed by atoms with E-state index in [0.29, 0.717) is 5.41 Å². The summed E-state index contributed by atoms with van der Waals surface area (Å²) < 4.78 is 0. The van der Waals surface area contributed by atoms with Crippen LogP contribution in [0, 0.1) is 5.41 Å². The van der Waals surface area contributed by atoms with Crippen molar-refractivity contribution in [3.8, 4) is 0 Å². The summed E-state index contributed by atoms with van der Waals surface area (Å²) in [5, 5.41) is 8.76. The molecule has 1 N–H and O–H groups in total. The van der Waals surface area contributed by atoms with E-state index in [0.717, 1.165) is 12.1 Å². The minimum atomic E-state index is -0.771. The van der Waals surface area contributed by atoms with Crippen molar-refractivity contribution in [3.63, 3.8) is 0 Å². The SMILES string of the molecule is CCC1(C)CCN(Cc2ccc(CC(=O)O)cc2)CC1. The van der Waals surface area contributed by atoms with Crippen molar-refractivity contribution >= 4 is 5.97 Å². The van der Waals surface area contributed by atoms with Crippen LogP contribution < -0.4 is 0 Å². The number of aliphatic carboxylic acids is 1. The molecule has 0 unspecified atom stereocenters. The van der Waals surface area contributed by atoms with Crippen LogP contribution in [0.15, 0.2) is 24.3 Å². The van der Waals surface area contributed by atoms with Crippen molar-refractivity contribution in [2.24, 2.45) is 5.41 Å². The molecule has 0 bridgehead atoms. The molecular formula is C17H25NO2. The largest absolute Gasteiger partial charge is 0.481 e. The fourth-order valence-electron chi connectivity index (χ4n) is 2.80. The lowest BCUT2D eigenvalue weighted by Gasteiger charge is -2.39. The average Bonchev–Trinajstić information content (AvgIpc) is 2.43. The van der Waals surface area contributed by atoms with Crippen LogP contribution in [0.1, 0.15) is 44.2 Å². The van der Waals surface area contributed by atoms with Gasteiger partial charge < -0.3 is 5.11 Å². The first kappa shape index (κ1) is 15.0. The van der Waals surface area contributed by atoms with Gasteiger partial charge in [-0.15, -0.1) is 0 Å². The number of carboxylic acid groups (broad SMARTS) is 1. The topological polar surface area (TPSA) is 40.5 Å². The Balaban J connectivity index is 1.87. The minimum absolute atomic E-state index is 0.110. The second-order valence-electron chi connectivity index (χ2n) is 6.33. The maximum atomic E-state index is 10.7. The molecule has 0 spiro atoms. The fraction of sp³-hybridized carbons (Fsp3) is 0.588. The Hall–Kier alpha value is -1.35. The summed E-state index contributed by atoms with van der Waals surface area (Å²) in [6.45, 7) is 8.00. The lowest BCUT2D eigenvalue weighted by Crippen LogP contribution is -2.37. The summed E-state index contributed by atoms with van der Waals surface area (Å²) in [4.78, 5) is 13.2. The Kier molecular flexibility index (Phi) is 4.81. The Morgan fingerprint density at radius 1 is 1.20 bits per heavy atom. The van der Waals surface area contributed by atoms with E-state index in [1.807, 2.05) is 12.1 Å². The van der Waals surface area contributed by atoms with Gasteiger partial charge in [0.05, 0.1) is 6.42 Å². The molecule has 1 aromatic rings. The Morgan fingerprint density at radius 2 is 1.75 bits per heavy atom. The lowest BCUT2D eigenvalue weighted by atomic mass is 9.78. The van der Waals surface area contributed by atoms with Gasteiger partial charge in [-0.25, -0.2) is 0 Å². The van der Waals surface area contributed by atoms with Gasteiger partial charge in [0.2, 0.25) is 0 Å². The number of hydrogen-bond donors (Lipinski definition) is 1. The molecule has 0 saturated carbocycles. The molecule has 3 heteroatoms. The minimum Gasteiger partial charge on any atom is -0.481 e. The zero-order chi connectivity index (χ0) is 14.6. The number of carbonyl (C=O) groups is 1. The Bertz CT molecular complexity index is 445. The van der Waals surface area contributed by atoms with Crippen LogP contribution in [0.25, 0.3) is 0 Å². The van der Waals surface area contributed by atoms with E-state index in [-0.39, 0.29) is 6.42 Å². The smallest absolute Gasteiger partial charge is 0.307 e. The van der Waals surface area contributed by atoms with Crippen LogP contribution in [0.4, 0.5) is 0 Å². The van der Waals surface area contributed by atoms with E-state index < -0.39 is 5.97 Å². The van der Waals surface area contributed by atoms with E-state index in [9.17, 15) is 4.79 Å². The molecule has 3 nitrogen and oxygen atoms in total. The highest BCUT2D eigenvalue weighted by atomic mass is 16.4. The zero-order valence-electron chi connectivity index (χ0n) is 12.6. The van der Waals surface area contributed by atoms with E-state index in [4.69, 9.17) is 5.11 Å². The molecule has 0 radical (unpaired) electrons. The highest BCUT2D eigenvalue weighted by Gasteiger charge is 2.27. The third-order valence-electron chi connectivity index (χ3n) is 4.70.